The van der Waals surface area contributed by atoms with Gasteiger partial charge in [0, 0.05) is 31.6 Å². The maximum absolute atomic E-state index is 12.9. The number of amides is 1. The van der Waals surface area contributed by atoms with E-state index in [2.05, 4.69) is 56.8 Å². The van der Waals surface area contributed by atoms with Crippen molar-refractivity contribution < 1.29 is 9.53 Å². The van der Waals surface area contributed by atoms with E-state index in [4.69, 9.17) is 4.74 Å². The van der Waals surface area contributed by atoms with Crippen LogP contribution in [0.25, 0.3) is 6.08 Å². The number of aromatic nitrogens is 4. The third kappa shape index (κ3) is 3.58. The van der Waals surface area contributed by atoms with Crippen LogP contribution in [-0.4, -0.2) is 75.3 Å². The Morgan fingerprint density at radius 2 is 1.90 bits per heavy atom. The Labute approximate surface area is 170 Å². The molecule has 0 atom stereocenters. The summed E-state index contributed by atoms with van der Waals surface area (Å²) in [5, 5.41) is 12.0. The maximum Gasteiger partial charge on any atom is 0.244 e. The standard InChI is InChI=1S/C21H26N6O2/c28-20(16-27-19(22-23-24-27)15-25-11-13-29-14-12-25)26-9-7-21(8-10-26)6-5-17-3-1-2-4-18(17)21/h1-6H,7-16H2. The van der Waals surface area contributed by atoms with Crippen molar-refractivity contribution in [2.24, 2.45) is 0 Å². The second kappa shape index (κ2) is 7.68. The van der Waals surface area contributed by atoms with Gasteiger partial charge in [-0.05, 0) is 34.4 Å². The highest BCUT2D eigenvalue weighted by molar-refractivity contribution is 5.76. The van der Waals surface area contributed by atoms with Crippen molar-refractivity contribution in [3.63, 3.8) is 0 Å². The number of likely N-dealkylation sites (tertiary alicyclic amines) is 1. The topological polar surface area (TPSA) is 76.4 Å². The van der Waals surface area contributed by atoms with Gasteiger partial charge in [0.15, 0.2) is 5.82 Å². The molecular weight excluding hydrogens is 368 g/mol. The quantitative estimate of drug-likeness (QED) is 0.773. The van der Waals surface area contributed by atoms with E-state index in [1.54, 1.807) is 4.68 Å². The molecule has 2 aromatic rings. The molecule has 0 unspecified atom stereocenters. The van der Waals surface area contributed by atoms with Crippen LogP contribution in [0.3, 0.4) is 0 Å². The van der Waals surface area contributed by atoms with E-state index in [1.165, 1.54) is 11.1 Å². The minimum atomic E-state index is 0.0870. The number of tetrazole rings is 1. The number of hydrogen-bond acceptors (Lipinski definition) is 6. The molecule has 2 saturated heterocycles. The van der Waals surface area contributed by atoms with Crippen LogP contribution in [0.4, 0.5) is 0 Å². The minimum Gasteiger partial charge on any atom is -0.379 e. The molecule has 3 heterocycles. The maximum atomic E-state index is 12.9. The Morgan fingerprint density at radius 1 is 1.10 bits per heavy atom. The highest BCUT2D eigenvalue weighted by atomic mass is 16.5. The number of allylic oxidation sites excluding steroid dienone is 1. The Balaban J connectivity index is 1.20. The van der Waals surface area contributed by atoms with Gasteiger partial charge < -0.3 is 9.64 Å². The van der Waals surface area contributed by atoms with Crippen molar-refractivity contribution >= 4 is 12.0 Å². The number of piperidine rings is 1. The molecule has 0 saturated carbocycles. The summed E-state index contributed by atoms with van der Waals surface area (Å²) in [6, 6.07) is 8.60. The number of rotatable bonds is 4. The molecule has 152 valence electrons. The third-order valence-corrected chi connectivity index (χ3v) is 6.45. The molecule has 29 heavy (non-hydrogen) atoms. The van der Waals surface area contributed by atoms with Crippen molar-refractivity contribution in [3.8, 4) is 0 Å². The zero-order valence-electron chi connectivity index (χ0n) is 16.5. The largest absolute Gasteiger partial charge is 0.379 e. The van der Waals surface area contributed by atoms with Crippen LogP contribution in [0.1, 0.15) is 29.8 Å². The molecule has 1 aromatic carbocycles. The normalized spacial score (nSPS) is 20.9. The molecule has 0 N–H and O–H groups in total. The van der Waals surface area contributed by atoms with Gasteiger partial charge in [0.05, 0.1) is 19.8 Å². The fraction of sp³-hybridized carbons (Fsp3) is 0.524. The summed E-state index contributed by atoms with van der Waals surface area (Å²) in [4.78, 5) is 17.1. The van der Waals surface area contributed by atoms with E-state index in [0.717, 1.165) is 58.1 Å². The molecule has 1 aliphatic carbocycles. The van der Waals surface area contributed by atoms with Crippen LogP contribution in [0.2, 0.25) is 0 Å². The fourth-order valence-corrected chi connectivity index (χ4v) is 4.67. The Morgan fingerprint density at radius 3 is 2.72 bits per heavy atom. The lowest BCUT2D eigenvalue weighted by atomic mass is 9.74. The molecule has 8 heteroatoms. The highest BCUT2D eigenvalue weighted by Gasteiger charge is 2.38. The van der Waals surface area contributed by atoms with Crippen molar-refractivity contribution in [2.45, 2.75) is 31.3 Å². The number of carbonyl (C=O) groups is 1. The predicted octanol–water partition coefficient (Wildman–Crippen LogP) is 1.09. The summed E-state index contributed by atoms with van der Waals surface area (Å²) in [5.74, 6) is 0.826. The van der Waals surface area contributed by atoms with Crippen molar-refractivity contribution in [1.29, 1.82) is 0 Å². The van der Waals surface area contributed by atoms with Gasteiger partial charge in [-0.1, -0.05) is 36.4 Å². The van der Waals surface area contributed by atoms with Crippen molar-refractivity contribution in [1.82, 2.24) is 30.0 Å². The van der Waals surface area contributed by atoms with Gasteiger partial charge in [-0.15, -0.1) is 5.10 Å². The lowest BCUT2D eigenvalue weighted by Gasteiger charge is -2.39. The van der Waals surface area contributed by atoms with E-state index in [-0.39, 0.29) is 17.9 Å². The number of morpholine rings is 1. The number of ether oxygens (including phenoxy) is 1. The summed E-state index contributed by atoms with van der Waals surface area (Å²) in [6.07, 6.45) is 6.48. The Kier molecular flexibility index (Phi) is 4.89. The summed E-state index contributed by atoms with van der Waals surface area (Å²) in [5.41, 5.74) is 2.80. The van der Waals surface area contributed by atoms with Crippen LogP contribution in [0, 0.1) is 0 Å². The second-order valence-corrected chi connectivity index (χ2v) is 8.10. The Hall–Kier alpha value is -2.58. The van der Waals surface area contributed by atoms with Gasteiger partial charge >= 0.3 is 0 Å². The predicted molar refractivity (Wildman–Crippen MR) is 107 cm³/mol. The van der Waals surface area contributed by atoms with Gasteiger partial charge in [0.2, 0.25) is 5.91 Å². The average Bonchev–Trinajstić information content (AvgIpc) is 3.34. The summed E-state index contributed by atoms with van der Waals surface area (Å²) >= 11 is 0. The molecule has 2 aliphatic heterocycles. The monoisotopic (exact) mass is 394 g/mol. The lowest BCUT2D eigenvalue weighted by molar-refractivity contribution is -0.133. The third-order valence-electron chi connectivity index (χ3n) is 6.45. The van der Waals surface area contributed by atoms with Gasteiger partial charge in [0.1, 0.15) is 6.54 Å². The van der Waals surface area contributed by atoms with Gasteiger partial charge in [-0.2, -0.15) is 0 Å². The number of nitrogens with zero attached hydrogens (tertiary/aromatic N) is 6. The summed E-state index contributed by atoms with van der Waals surface area (Å²) < 4.78 is 7.03. The first-order chi connectivity index (χ1) is 14.2. The fourth-order valence-electron chi connectivity index (χ4n) is 4.67. The lowest BCUT2D eigenvalue weighted by Crippen LogP contribution is -2.45. The van der Waals surface area contributed by atoms with Gasteiger partial charge in [0.25, 0.3) is 0 Å². The first-order valence-corrected chi connectivity index (χ1v) is 10.4. The minimum absolute atomic E-state index is 0.0870. The first-order valence-electron chi connectivity index (χ1n) is 10.4. The zero-order chi connectivity index (χ0) is 19.7. The van der Waals surface area contributed by atoms with E-state index in [0.29, 0.717) is 6.54 Å². The van der Waals surface area contributed by atoms with Gasteiger partial charge in [-0.25, -0.2) is 4.68 Å². The second-order valence-electron chi connectivity index (χ2n) is 8.10. The molecule has 3 aliphatic rings. The summed E-state index contributed by atoms with van der Waals surface area (Å²) in [7, 11) is 0. The van der Waals surface area contributed by atoms with Crippen LogP contribution in [0.15, 0.2) is 30.3 Å². The average molecular weight is 394 g/mol. The molecule has 5 rings (SSSR count). The molecule has 0 radical (unpaired) electrons. The number of carbonyl (C=O) groups excluding carboxylic acids is 1. The summed E-state index contributed by atoms with van der Waals surface area (Å²) in [6.45, 7) is 5.56. The Bertz CT molecular complexity index is 909. The van der Waals surface area contributed by atoms with E-state index in [9.17, 15) is 4.79 Å². The molecule has 1 amide bonds. The van der Waals surface area contributed by atoms with E-state index < -0.39 is 0 Å². The molecule has 8 nitrogen and oxygen atoms in total. The molecule has 1 spiro atoms. The number of benzene rings is 1. The smallest absolute Gasteiger partial charge is 0.244 e. The number of fused-ring (bicyclic) bond motifs is 2. The van der Waals surface area contributed by atoms with E-state index >= 15 is 0 Å². The molecule has 1 aromatic heterocycles. The van der Waals surface area contributed by atoms with Crippen molar-refractivity contribution in [2.75, 3.05) is 39.4 Å². The molecule has 0 bridgehead atoms. The SMILES string of the molecule is O=C(Cn1nnnc1CN1CCOCC1)N1CCC2(C=Cc3ccccc32)CC1. The van der Waals surface area contributed by atoms with Gasteiger partial charge in [-0.3, -0.25) is 9.69 Å². The van der Waals surface area contributed by atoms with Crippen LogP contribution in [0.5, 0.6) is 0 Å². The molecule has 2 fully saturated rings. The van der Waals surface area contributed by atoms with Crippen LogP contribution >= 0.6 is 0 Å². The van der Waals surface area contributed by atoms with Crippen LogP contribution < -0.4 is 0 Å². The number of hydrogen-bond donors (Lipinski definition) is 0. The van der Waals surface area contributed by atoms with Crippen molar-refractivity contribution in [3.05, 3.63) is 47.3 Å². The van der Waals surface area contributed by atoms with Crippen LogP contribution in [-0.2, 0) is 28.0 Å². The highest BCUT2D eigenvalue weighted by Crippen LogP contribution is 2.43. The molecular formula is C21H26N6O2. The zero-order valence-corrected chi connectivity index (χ0v) is 16.5. The van der Waals surface area contributed by atoms with E-state index in [1.807, 2.05) is 4.90 Å². The first kappa shape index (κ1) is 18.4.